The minimum atomic E-state index is -0.933. The molecule has 6 aliphatic rings. The average molecular weight is 482 g/mol. The van der Waals surface area contributed by atoms with Crippen LogP contribution in [-0.2, 0) is 16.6 Å². The number of hydrogen-bond acceptors (Lipinski definition) is 5. The minimum Gasteiger partial charge on any atom is -0.504 e. The second-order valence-corrected chi connectivity index (χ2v) is 13.6. The molecule has 1 aromatic carbocycles. The second-order valence-electron chi connectivity index (χ2n) is 13.6. The number of aliphatic hydroxyl groups is 1. The number of aromatic hydroxyl groups is 1. The van der Waals surface area contributed by atoms with Crippen molar-refractivity contribution in [2.24, 2.45) is 16.7 Å². The summed E-state index contributed by atoms with van der Waals surface area (Å²) in [6.45, 7) is 14.8. The zero-order valence-electron chi connectivity index (χ0n) is 22.6. The molecule has 192 valence electrons. The van der Waals surface area contributed by atoms with Gasteiger partial charge in [-0.3, -0.25) is 4.90 Å². The van der Waals surface area contributed by atoms with Crippen LogP contribution in [0.1, 0.15) is 78.4 Å². The number of phenolic OH excluding ortho intramolecular Hbond substituents is 1. The number of benzene rings is 1. The largest absolute Gasteiger partial charge is 0.504 e. The zero-order valence-corrected chi connectivity index (χ0v) is 22.6. The molecule has 0 aromatic heterocycles. The van der Waals surface area contributed by atoms with Gasteiger partial charge >= 0.3 is 0 Å². The fraction of sp³-hybridized carbons (Fsp3) is 0.733. The van der Waals surface area contributed by atoms with E-state index in [-0.39, 0.29) is 34.0 Å². The van der Waals surface area contributed by atoms with Crippen molar-refractivity contribution in [2.45, 2.75) is 102 Å². The Morgan fingerprint density at radius 1 is 1.20 bits per heavy atom. The molecule has 2 N–H and O–H groups in total. The van der Waals surface area contributed by atoms with Gasteiger partial charge in [0.05, 0.1) is 5.60 Å². The van der Waals surface area contributed by atoms with Gasteiger partial charge in [-0.25, -0.2) is 0 Å². The van der Waals surface area contributed by atoms with E-state index in [1.165, 1.54) is 16.7 Å². The Morgan fingerprint density at radius 2 is 1.94 bits per heavy atom. The lowest BCUT2D eigenvalue weighted by molar-refractivity contribution is -0.312. The Labute approximate surface area is 210 Å². The summed E-state index contributed by atoms with van der Waals surface area (Å²) in [4.78, 5) is 2.71. The van der Waals surface area contributed by atoms with Crippen LogP contribution in [0.15, 0.2) is 23.8 Å². The van der Waals surface area contributed by atoms with Crippen LogP contribution in [0.3, 0.4) is 0 Å². The van der Waals surface area contributed by atoms with Crippen LogP contribution in [0.25, 0.3) is 0 Å². The van der Waals surface area contributed by atoms with Crippen molar-refractivity contribution >= 4 is 0 Å². The first-order valence-corrected chi connectivity index (χ1v) is 13.5. The van der Waals surface area contributed by atoms with Crippen LogP contribution >= 0.6 is 0 Å². The lowest BCUT2D eigenvalue weighted by atomic mass is 9.33. The van der Waals surface area contributed by atoms with Gasteiger partial charge in [0.15, 0.2) is 11.5 Å². The summed E-state index contributed by atoms with van der Waals surface area (Å²) < 4.78 is 13.4. The summed E-state index contributed by atoms with van der Waals surface area (Å²) in [7, 11) is 1.82. The summed E-state index contributed by atoms with van der Waals surface area (Å²) in [6, 6.07) is 4.34. The molecule has 2 heterocycles. The first kappa shape index (κ1) is 23.8. The molecule has 35 heavy (non-hydrogen) atoms. The van der Waals surface area contributed by atoms with Crippen LogP contribution in [0, 0.1) is 16.7 Å². The van der Waals surface area contributed by atoms with Gasteiger partial charge in [0.1, 0.15) is 11.7 Å². The second kappa shape index (κ2) is 7.05. The summed E-state index contributed by atoms with van der Waals surface area (Å²) in [5, 5.41) is 23.2. The highest BCUT2D eigenvalue weighted by Gasteiger charge is 2.82. The van der Waals surface area contributed by atoms with E-state index in [0.29, 0.717) is 11.8 Å². The molecule has 0 radical (unpaired) electrons. The fourth-order valence-corrected chi connectivity index (χ4v) is 9.25. The first-order valence-electron chi connectivity index (χ1n) is 13.5. The topological polar surface area (TPSA) is 62.2 Å². The van der Waals surface area contributed by atoms with Crippen molar-refractivity contribution in [2.75, 3.05) is 20.2 Å². The normalized spacial score (nSPS) is 40.6. The number of likely N-dealkylation sites (tertiary alicyclic amines) is 1. The molecule has 2 aliphatic heterocycles. The van der Waals surface area contributed by atoms with E-state index in [1.807, 2.05) is 20.1 Å². The van der Waals surface area contributed by atoms with E-state index in [1.54, 1.807) is 0 Å². The first-order chi connectivity index (χ1) is 16.4. The summed E-state index contributed by atoms with van der Waals surface area (Å²) >= 11 is 0. The molecule has 4 fully saturated rings. The SMILES string of the molecule is CO[C@]12CC[C@@]3(C[C@@H]1C(C)(O)C(C)(C)C)[C@H]1Cc4ccc(O)c5c4[C@@]3(CCN1CC=C(C)C)[C@H]2O5. The lowest BCUT2D eigenvalue weighted by Crippen LogP contribution is -2.83. The molecule has 1 unspecified atom stereocenters. The molecule has 7 atom stereocenters. The van der Waals surface area contributed by atoms with Gasteiger partial charge in [0.25, 0.3) is 0 Å². The number of methoxy groups -OCH3 is 1. The van der Waals surface area contributed by atoms with Gasteiger partial charge in [-0.1, -0.05) is 38.5 Å². The van der Waals surface area contributed by atoms with Crippen LogP contribution in [-0.4, -0.2) is 58.7 Å². The van der Waals surface area contributed by atoms with Crippen molar-refractivity contribution in [3.8, 4) is 11.5 Å². The van der Waals surface area contributed by atoms with Crippen molar-refractivity contribution in [3.05, 3.63) is 34.9 Å². The van der Waals surface area contributed by atoms with Gasteiger partial charge in [-0.2, -0.15) is 0 Å². The Bertz CT molecular complexity index is 1100. The molecule has 2 spiro atoms. The molecule has 1 aromatic rings. The summed E-state index contributed by atoms with van der Waals surface area (Å²) in [5.41, 5.74) is 1.91. The van der Waals surface area contributed by atoms with Crippen LogP contribution < -0.4 is 4.74 Å². The molecule has 4 bridgehead atoms. The Kier molecular flexibility index (Phi) is 4.80. The van der Waals surface area contributed by atoms with E-state index >= 15 is 0 Å². The highest BCUT2D eigenvalue weighted by molar-refractivity contribution is 5.63. The standard InChI is InChI=1S/C30H43NO4/c1-18(2)10-14-31-15-13-29-23-19-8-9-20(32)24(23)35-25(29)30(34-7)12-11-28(29,22(31)16-19)17-21(30)27(6,33)26(3,4)5/h8-10,21-22,25,32-33H,11-17H2,1-7H3/t21-,22-,25-,27?,28-,29+,30-/m1/s1. The molecular formula is C30H43NO4. The number of hydrogen-bond donors (Lipinski definition) is 2. The molecule has 1 saturated heterocycles. The number of rotatable bonds is 4. The molecular weight excluding hydrogens is 438 g/mol. The maximum Gasteiger partial charge on any atom is 0.165 e. The highest BCUT2D eigenvalue weighted by atomic mass is 16.6. The van der Waals surface area contributed by atoms with Crippen LogP contribution in [0.5, 0.6) is 11.5 Å². The third kappa shape index (κ3) is 2.60. The lowest BCUT2D eigenvalue weighted by Gasteiger charge is -2.75. The maximum atomic E-state index is 12.2. The number of ether oxygens (including phenoxy) is 2. The third-order valence-corrected chi connectivity index (χ3v) is 11.4. The molecule has 0 amide bonds. The van der Waals surface area contributed by atoms with Gasteiger partial charge in [-0.05, 0) is 76.5 Å². The van der Waals surface area contributed by atoms with Crippen LogP contribution in [0.2, 0.25) is 0 Å². The van der Waals surface area contributed by atoms with Crippen molar-refractivity contribution in [3.63, 3.8) is 0 Å². The maximum absolute atomic E-state index is 12.2. The molecule has 4 aliphatic carbocycles. The van der Waals surface area contributed by atoms with E-state index < -0.39 is 11.2 Å². The third-order valence-electron chi connectivity index (χ3n) is 11.4. The van der Waals surface area contributed by atoms with Crippen LogP contribution in [0.4, 0.5) is 0 Å². The Morgan fingerprint density at radius 3 is 2.60 bits per heavy atom. The van der Waals surface area contributed by atoms with Gasteiger partial charge in [-0.15, -0.1) is 0 Å². The summed E-state index contributed by atoms with van der Waals surface area (Å²) in [5.74, 6) is 0.876. The number of piperidine rings is 1. The predicted molar refractivity (Wildman–Crippen MR) is 137 cm³/mol. The predicted octanol–water partition coefficient (Wildman–Crippen LogP) is 4.97. The van der Waals surface area contributed by atoms with Gasteiger partial charge < -0.3 is 19.7 Å². The minimum absolute atomic E-state index is 0.0162. The van der Waals surface area contributed by atoms with E-state index in [9.17, 15) is 10.2 Å². The van der Waals surface area contributed by atoms with E-state index in [4.69, 9.17) is 9.47 Å². The number of phenols is 1. The van der Waals surface area contributed by atoms with Crippen molar-refractivity contribution < 1.29 is 19.7 Å². The Balaban J connectivity index is 1.60. The molecule has 7 rings (SSSR count). The molecule has 5 nitrogen and oxygen atoms in total. The zero-order chi connectivity index (χ0) is 25.2. The van der Waals surface area contributed by atoms with Gasteiger partial charge in [0.2, 0.25) is 0 Å². The van der Waals surface area contributed by atoms with E-state index in [2.05, 4.69) is 51.7 Å². The molecule has 5 heteroatoms. The van der Waals surface area contributed by atoms with Crippen molar-refractivity contribution in [1.29, 1.82) is 0 Å². The monoisotopic (exact) mass is 481 g/mol. The number of allylic oxidation sites excluding steroid dienone is 1. The smallest absolute Gasteiger partial charge is 0.165 e. The average Bonchev–Trinajstić information content (AvgIpc) is 3.16. The summed E-state index contributed by atoms with van der Waals surface area (Å²) in [6.07, 6.45) is 7.02. The van der Waals surface area contributed by atoms with Crippen molar-refractivity contribution in [1.82, 2.24) is 4.90 Å². The molecule has 3 saturated carbocycles. The fourth-order valence-electron chi connectivity index (χ4n) is 9.25. The number of nitrogens with zero attached hydrogens (tertiary/aromatic N) is 1. The van der Waals surface area contributed by atoms with E-state index in [0.717, 1.165) is 45.2 Å². The van der Waals surface area contributed by atoms with Gasteiger partial charge in [0, 0.05) is 42.0 Å². The highest BCUT2D eigenvalue weighted by Crippen LogP contribution is 2.77. The number of fused-ring (bicyclic) bond motifs is 2. The quantitative estimate of drug-likeness (QED) is 0.595. The Hall–Kier alpha value is -1.56.